The molecule has 0 amide bonds. The Labute approximate surface area is 264 Å². The van der Waals surface area contributed by atoms with E-state index in [1.54, 1.807) is 0 Å². The Bertz CT molecular complexity index is 1850. The molecule has 0 aliphatic rings. The van der Waals surface area contributed by atoms with Gasteiger partial charge in [0.05, 0.1) is 0 Å². The molecule has 3 aromatic carbocycles. The molecule has 49 heavy (non-hydrogen) atoms. The van der Waals surface area contributed by atoms with E-state index < -0.39 is 68.5 Å². The minimum atomic E-state index is -8.59. The number of halogens is 15. The SMILES string of the molecule is O=C(OS(c1ccccc1)(c1ccccc1)c1ccc2ccc(=O)oc2c1)C(F)(F)C(F)(F)C(F)(F)C(F)(F)C(F)(F)C(F)(F)C(F)(F)F. The van der Waals surface area contributed by atoms with E-state index in [1.165, 1.54) is 42.5 Å². The van der Waals surface area contributed by atoms with Gasteiger partial charge in [-0.25, -0.2) is 9.59 Å². The topological polar surface area (TPSA) is 56.5 Å². The van der Waals surface area contributed by atoms with Gasteiger partial charge in [0.15, 0.2) is 0 Å². The fourth-order valence-electron chi connectivity index (χ4n) is 4.26. The molecule has 4 nitrogen and oxygen atoms in total. The largest absolute Gasteiger partial charge is 0.460 e. The number of carbonyl (C=O) groups is 1. The van der Waals surface area contributed by atoms with Gasteiger partial charge in [-0.1, -0.05) is 42.5 Å². The van der Waals surface area contributed by atoms with Gasteiger partial charge < -0.3 is 8.60 Å². The summed E-state index contributed by atoms with van der Waals surface area (Å²) in [5.41, 5.74) is -1.33. The van der Waals surface area contributed by atoms with E-state index >= 15 is 8.78 Å². The van der Waals surface area contributed by atoms with E-state index in [-0.39, 0.29) is 20.8 Å². The zero-order valence-corrected chi connectivity index (χ0v) is 24.2. The average molecular weight is 744 g/mol. The van der Waals surface area contributed by atoms with Gasteiger partial charge in [-0.15, -0.1) is 0 Å². The van der Waals surface area contributed by atoms with E-state index in [1.807, 2.05) is 0 Å². The summed E-state index contributed by atoms with van der Waals surface area (Å²) in [4.78, 5) is 23.6. The van der Waals surface area contributed by atoms with Crippen LogP contribution in [-0.2, 0) is 8.98 Å². The van der Waals surface area contributed by atoms with Crippen molar-refractivity contribution in [3.05, 3.63) is 101 Å². The van der Waals surface area contributed by atoms with Crippen LogP contribution in [0.4, 0.5) is 65.9 Å². The van der Waals surface area contributed by atoms with Gasteiger partial charge in [0.2, 0.25) is 0 Å². The first-order valence-electron chi connectivity index (χ1n) is 12.9. The monoisotopic (exact) mass is 744 g/mol. The normalized spacial score (nSPS) is 14.5. The van der Waals surface area contributed by atoms with Crippen molar-refractivity contribution in [2.75, 3.05) is 0 Å². The molecule has 0 radical (unpaired) electrons. The van der Waals surface area contributed by atoms with Crippen molar-refractivity contribution in [2.45, 2.75) is 56.4 Å². The summed E-state index contributed by atoms with van der Waals surface area (Å²) < 4.78 is 218. The molecular weight excluding hydrogens is 729 g/mol. The quantitative estimate of drug-likeness (QED) is 0.120. The molecule has 20 heteroatoms. The molecular formula is C29H15F15O4S. The smallest absolute Gasteiger partial charge is 0.423 e. The van der Waals surface area contributed by atoms with E-state index in [2.05, 4.69) is 0 Å². The molecule has 0 saturated carbocycles. The molecule has 4 rings (SSSR count). The Morgan fingerprint density at radius 1 is 0.531 bits per heavy atom. The van der Waals surface area contributed by atoms with Crippen molar-refractivity contribution in [3.63, 3.8) is 0 Å². The van der Waals surface area contributed by atoms with Crippen LogP contribution < -0.4 is 5.63 Å². The third-order valence-electron chi connectivity index (χ3n) is 6.86. The molecule has 0 aliphatic carbocycles. The third kappa shape index (κ3) is 5.56. The lowest BCUT2D eigenvalue weighted by Crippen LogP contribution is -2.73. The van der Waals surface area contributed by atoms with Crippen LogP contribution in [0.1, 0.15) is 0 Å². The first-order chi connectivity index (χ1) is 22.3. The highest BCUT2D eigenvalue weighted by atomic mass is 32.3. The van der Waals surface area contributed by atoms with Crippen molar-refractivity contribution in [1.29, 1.82) is 0 Å². The summed E-state index contributed by atoms with van der Waals surface area (Å²) in [6, 6.07) is 16.7. The van der Waals surface area contributed by atoms with Gasteiger partial charge in [-0.2, -0.15) is 65.9 Å². The van der Waals surface area contributed by atoms with E-state index in [4.69, 9.17) is 8.60 Å². The maximum absolute atomic E-state index is 15.2. The van der Waals surface area contributed by atoms with Crippen LogP contribution in [0.3, 0.4) is 0 Å². The Balaban J connectivity index is 1.94. The highest BCUT2D eigenvalue weighted by molar-refractivity contribution is 8.30. The molecule has 0 aliphatic heterocycles. The molecule has 0 atom stereocenters. The number of benzene rings is 3. The van der Waals surface area contributed by atoms with Gasteiger partial charge in [0.1, 0.15) is 5.58 Å². The van der Waals surface area contributed by atoms with Crippen molar-refractivity contribution in [1.82, 2.24) is 0 Å². The van der Waals surface area contributed by atoms with Gasteiger partial charge in [-0.05, 0) is 52.8 Å². The standard InChI is InChI=1S/C29H15F15O4S/c30-23(31,24(32,33)25(34,35)26(36,37)27(38,39)28(40,41)29(42,43)44)22(46)48-49(17-7-3-1-4-8-17,18-9-5-2-6-10-18)19-13-11-16-12-14-21(45)47-20(16)15-19/h1-15H. The predicted octanol–water partition coefficient (Wildman–Crippen LogP) is 9.91. The maximum Gasteiger partial charge on any atom is 0.460 e. The molecule has 1 aromatic heterocycles. The Kier molecular flexibility index (Phi) is 9.10. The number of hydrogen-bond acceptors (Lipinski definition) is 4. The average Bonchev–Trinajstić information content (AvgIpc) is 3.03. The van der Waals surface area contributed by atoms with Crippen LogP contribution in [0.15, 0.2) is 115 Å². The molecule has 0 unspecified atom stereocenters. The predicted molar refractivity (Wildman–Crippen MR) is 140 cm³/mol. The molecule has 0 N–H and O–H groups in total. The number of hydrogen-bond donors (Lipinski definition) is 0. The molecule has 1 heterocycles. The maximum atomic E-state index is 15.2. The second kappa shape index (κ2) is 11.9. The Morgan fingerprint density at radius 3 is 1.43 bits per heavy atom. The molecule has 0 spiro atoms. The van der Waals surface area contributed by atoms with Crippen LogP contribution in [0.2, 0.25) is 0 Å². The summed E-state index contributed by atoms with van der Waals surface area (Å²) in [7, 11) is -4.31. The summed E-state index contributed by atoms with van der Waals surface area (Å²) in [6.45, 7) is 0. The van der Waals surface area contributed by atoms with Crippen molar-refractivity contribution in [3.8, 4) is 0 Å². The second-order valence-corrected chi connectivity index (χ2v) is 12.6. The lowest BCUT2D eigenvalue weighted by atomic mass is 9.91. The first kappa shape index (κ1) is 37.5. The fraction of sp³-hybridized carbons (Fsp3) is 0.241. The van der Waals surface area contributed by atoms with Crippen molar-refractivity contribution < 1.29 is 79.3 Å². The second-order valence-electron chi connectivity index (χ2n) is 9.95. The minimum Gasteiger partial charge on any atom is -0.423 e. The minimum absolute atomic E-state index is 0.138. The van der Waals surface area contributed by atoms with Crippen molar-refractivity contribution >= 4 is 27.2 Å². The van der Waals surface area contributed by atoms with E-state index in [9.17, 15) is 66.7 Å². The molecule has 0 fully saturated rings. The lowest BCUT2D eigenvalue weighted by molar-refractivity contribution is -0.450. The van der Waals surface area contributed by atoms with Crippen LogP contribution in [0.25, 0.3) is 11.0 Å². The van der Waals surface area contributed by atoms with E-state index in [0.29, 0.717) is 0 Å². The van der Waals surface area contributed by atoms with E-state index in [0.717, 1.165) is 48.5 Å². The number of carbonyl (C=O) groups excluding carboxylic acids is 1. The molecule has 266 valence electrons. The molecule has 0 bridgehead atoms. The highest BCUT2D eigenvalue weighted by Gasteiger charge is 2.94. The van der Waals surface area contributed by atoms with Crippen LogP contribution in [0.5, 0.6) is 0 Å². The van der Waals surface area contributed by atoms with Crippen LogP contribution in [0, 0.1) is 0 Å². The number of fused-ring (bicyclic) bond motifs is 1. The molecule has 0 saturated heterocycles. The zero-order valence-electron chi connectivity index (χ0n) is 23.4. The van der Waals surface area contributed by atoms with Gasteiger partial charge >= 0.3 is 53.3 Å². The number of alkyl halides is 15. The zero-order chi connectivity index (χ0) is 37.1. The summed E-state index contributed by atoms with van der Waals surface area (Å²) >= 11 is 0. The van der Waals surface area contributed by atoms with Gasteiger partial charge in [-0.3, -0.25) is 0 Å². The third-order valence-corrected chi connectivity index (χ3v) is 10.1. The highest BCUT2D eigenvalue weighted by Crippen LogP contribution is 2.71. The van der Waals surface area contributed by atoms with Crippen LogP contribution in [-0.4, -0.2) is 47.7 Å². The van der Waals surface area contributed by atoms with Crippen LogP contribution >= 0.6 is 10.3 Å². The summed E-state index contributed by atoms with van der Waals surface area (Å²) in [5.74, 6) is -53.1. The van der Waals surface area contributed by atoms with Gasteiger partial charge in [0.25, 0.3) is 0 Å². The molecule has 4 aromatic rings. The lowest BCUT2D eigenvalue weighted by Gasteiger charge is -2.43. The Hall–Kier alpha value is -4.36. The summed E-state index contributed by atoms with van der Waals surface area (Å²) in [6.07, 6.45) is -7.78. The Morgan fingerprint density at radius 2 is 0.959 bits per heavy atom. The fourth-order valence-corrected chi connectivity index (χ4v) is 7.31. The van der Waals surface area contributed by atoms with Gasteiger partial charge in [0, 0.05) is 26.1 Å². The first-order valence-corrected chi connectivity index (χ1v) is 14.4. The summed E-state index contributed by atoms with van der Waals surface area (Å²) in [5, 5.41) is 0.138. The van der Waals surface area contributed by atoms with Crippen molar-refractivity contribution in [2.24, 2.45) is 0 Å². The number of rotatable bonds is 10.